The van der Waals surface area contributed by atoms with Crippen molar-refractivity contribution in [1.82, 2.24) is 24.1 Å². The summed E-state index contributed by atoms with van der Waals surface area (Å²) in [5.74, 6) is 1.79. The minimum Gasteiger partial charge on any atom is -0.309 e. The molecule has 0 saturated heterocycles. The maximum atomic E-state index is 5.52. The van der Waals surface area contributed by atoms with Gasteiger partial charge < -0.3 is 4.57 Å². The Morgan fingerprint density at radius 2 is 0.892 bits per heavy atom. The summed E-state index contributed by atoms with van der Waals surface area (Å²) in [5, 5.41) is 4.71. The van der Waals surface area contributed by atoms with Gasteiger partial charge >= 0.3 is 0 Å². The van der Waals surface area contributed by atoms with Crippen molar-refractivity contribution in [2.24, 2.45) is 0 Å². The highest BCUT2D eigenvalue weighted by atomic mass is 15.2. The van der Waals surface area contributed by atoms with Crippen LogP contribution < -0.4 is 0 Å². The SMILES string of the molecule is CC1(C)c2ccccc2-c2ccc3c4ccccc4n(-c4nc(-c5cccc(-c6ccccc6-c6ccccc6)c5)nc(-c5ccc6c7ccccc7n(-c7ccccc7)c6c5)n4)c3c21. The number of rotatable bonds is 6. The number of aromatic nitrogens is 5. The Balaban J connectivity index is 1.09. The molecule has 0 N–H and O–H groups in total. The van der Waals surface area contributed by atoms with Gasteiger partial charge in [0.25, 0.3) is 0 Å². The Morgan fingerprint density at radius 1 is 0.354 bits per heavy atom. The third-order valence-electron chi connectivity index (χ3n) is 13.6. The molecule has 0 aliphatic heterocycles. The van der Waals surface area contributed by atoms with Gasteiger partial charge in [0, 0.05) is 43.8 Å². The molecule has 1 aliphatic carbocycles. The zero-order valence-corrected chi connectivity index (χ0v) is 35.9. The van der Waals surface area contributed by atoms with Crippen LogP contribution in [0.4, 0.5) is 0 Å². The van der Waals surface area contributed by atoms with Gasteiger partial charge in [0.15, 0.2) is 11.6 Å². The molecular weight excluding hydrogens is 791 g/mol. The fourth-order valence-electron chi connectivity index (χ4n) is 10.6. The molecule has 9 aromatic carbocycles. The Bertz CT molecular complexity index is 3860. The largest absolute Gasteiger partial charge is 0.309 e. The minimum absolute atomic E-state index is 0.271. The van der Waals surface area contributed by atoms with Gasteiger partial charge in [-0.3, -0.25) is 4.57 Å². The van der Waals surface area contributed by atoms with Gasteiger partial charge in [0.1, 0.15) is 0 Å². The van der Waals surface area contributed by atoms with E-state index < -0.39 is 0 Å². The van der Waals surface area contributed by atoms with E-state index in [9.17, 15) is 0 Å². The second-order valence-electron chi connectivity index (χ2n) is 17.6. The van der Waals surface area contributed by atoms with Gasteiger partial charge in [-0.25, -0.2) is 4.98 Å². The molecule has 12 aromatic rings. The molecule has 0 atom stereocenters. The summed E-state index contributed by atoms with van der Waals surface area (Å²) in [5.41, 5.74) is 16.8. The smallest absolute Gasteiger partial charge is 0.238 e. The third kappa shape index (κ3) is 5.68. The molecule has 0 unspecified atom stereocenters. The number of fused-ring (bicyclic) bond motifs is 10. The Kier molecular flexibility index (Phi) is 8.18. The fraction of sp³-hybridized carbons (Fsp3) is 0.0500. The van der Waals surface area contributed by atoms with Crippen LogP contribution in [0.1, 0.15) is 25.0 Å². The second-order valence-corrected chi connectivity index (χ2v) is 17.6. The van der Waals surface area contributed by atoms with Crippen LogP contribution in [-0.2, 0) is 5.41 Å². The van der Waals surface area contributed by atoms with Gasteiger partial charge in [0.2, 0.25) is 5.95 Å². The molecule has 3 aromatic heterocycles. The Labute approximate surface area is 376 Å². The monoisotopic (exact) mass is 831 g/mol. The molecule has 5 nitrogen and oxygen atoms in total. The average molecular weight is 832 g/mol. The lowest BCUT2D eigenvalue weighted by Crippen LogP contribution is -2.17. The first-order valence-corrected chi connectivity index (χ1v) is 22.3. The fourth-order valence-corrected chi connectivity index (χ4v) is 10.6. The first-order chi connectivity index (χ1) is 32.0. The molecule has 3 heterocycles. The zero-order chi connectivity index (χ0) is 43.2. The highest BCUT2D eigenvalue weighted by Gasteiger charge is 2.38. The maximum absolute atomic E-state index is 5.52. The van der Waals surface area contributed by atoms with E-state index in [0.717, 1.165) is 55.4 Å². The van der Waals surface area contributed by atoms with E-state index in [4.69, 9.17) is 15.0 Å². The molecule has 0 fully saturated rings. The molecular formula is C60H41N5. The number of hydrogen-bond acceptors (Lipinski definition) is 3. The van der Waals surface area contributed by atoms with Gasteiger partial charge in [-0.2, -0.15) is 9.97 Å². The third-order valence-corrected chi connectivity index (χ3v) is 13.6. The highest BCUT2D eigenvalue weighted by molar-refractivity contribution is 6.13. The summed E-state index contributed by atoms with van der Waals surface area (Å²) in [6.45, 7) is 4.70. The van der Waals surface area contributed by atoms with Crippen molar-refractivity contribution in [1.29, 1.82) is 0 Å². The Morgan fingerprint density at radius 3 is 1.65 bits per heavy atom. The summed E-state index contributed by atoms with van der Waals surface area (Å²) in [6, 6.07) is 75.8. The topological polar surface area (TPSA) is 48.5 Å². The summed E-state index contributed by atoms with van der Waals surface area (Å²) >= 11 is 0. The highest BCUT2D eigenvalue weighted by Crippen LogP contribution is 2.53. The maximum Gasteiger partial charge on any atom is 0.238 e. The van der Waals surface area contributed by atoms with Crippen LogP contribution in [0.15, 0.2) is 212 Å². The number of para-hydroxylation sites is 3. The van der Waals surface area contributed by atoms with E-state index in [-0.39, 0.29) is 5.41 Å². The lowest BCUT2D eigenvalue weighted by molar-refractivity contribution is 0.663. The van der Waals surface area contributed by atoms with Crippen LogP contribution in [0.25, 0.3) is 111 Å². The van der Waals surface area contributed by atoms with Crippen LogP contribution in [0.5, 0.6) is 0 Å². The summed E-state index contributed by atoms with van der Waals surface area (Å²) in [7, 11) is 0. The first-order valence-electron chi connectivity index (χ1n) is 22.3. The van der Waals surface area contributed by atoms with Crippen molar-refractivity contribution in [3.8, 4) is 67.8 Å². The van der Waals surface area contributed by atoms with E-state index in [0.29, 0.717) is 17.6 Å². The van der Waals surface area contributed by atoms with Crippen LogP contribution >= 0.6 is 0 Å². The van der Waals surface area contributed by atoms with E-state index in [2.05, 4.69) is 235 Å². The van der Waals surface area contributed by atoms with Gasteiger partial charge in [-0.1, -0.05) is 190 Å². The zero-order valence-electron chi connectivity index (χ0n) is 35.9. The summed E-state index contributed by atoms with van der Waals surface area (Å²) in [6.07, 6.45) is 0. The van der Waals surface area contributed by atoms with E-state index in [1.54, 1.807) is 0 Å². The molecule has 0 bridgehead atoms. The number of hydrogen-bond donors (Lipinski definition) is 0. The van der Waals surface area contributed by atoms with Crippen LogP contribution in [-0.4, -0.2) is 24.1 Å². The lowest BCUT2D eigenvalue weighted by atomic mass is 9.81. The molecule has 0 amide bonds. The predicted molar refractivity (Wildman–Crippen MR) is 268 cm³/mol. The quantitative estimate of drug-likeness (QED) is 0.168. The van der Waals surface area contributed by atoms with Crippen molar-refractivity contribution >= 4 is 43.6 Å². The molecule has 1 aliphatic rings. The van der Waals surface area contributed by atoms with Crippen molar-refractivity contribution < 1.29 is 0 Å². The second kappa shape index (κ2) is 14.3. The van der Waals surface area contributed by atoms with Gasteiger partial charge in [-0.15, -0.1) is 0 Å². The van der Waals surface area contributed by atoms with Crippen molar-refractivity contribution in [3.05, 3.63) is 223 Å². The molecule has 306 valence electrons. The predicted octanol–water partition coefficient (Wildman–Crippen LogP) is 15.0. The summed E-state index contributed by atoms with van der Waals surface area (Å²) < 4.78 is 4.65. The van der Waals surface area contributed by atoms with Crippen molar-refractivity contribution in [2.75, 3.05) is 0 Å². The molecule has 5 heteroatoms. The average Bonchev–Trinajstić information content (AvgIpc) is 3.97. The number of benzene rings is 9. The molecule has 0 spiro atoms. The van der Waals surface area contributed by atoms with Crippen LogP contribution in [0.2, 0.25) is 0 Å². The Hall–Kier alpha value is -8.41. The molecule has 13 rings (SSSR count). The first kappa shape index (κ1) is 37.2. The minimum atomic E-state index is -0.271. The van der Waals surface area contributed by atoms with Gasteiger partial charge in [-0.05, 0) is 80.9 Å². The van der Waals surface area contributed by atoms with E-state index in [1.807, 2.05) is 0 Å². The molecule has 0 saturated carbocycles. The van der Waals surface area contributed by atoms with E-state index >= 15 is 0 Å². The standard InChI is InChI=1S/C60H41N5/c1-60(2)51-29-14-11-26-45(51)49-34-35-50-47-28-13-16-31-53(47)65(56(50)55(49)60)59-62-57(40-21-17-20-39(36-40)44-25-10-9-24-43(44)38-18-5-3-6-19-38)61-58(63-59)41-32-33-48-46-27-12-15-30-52(46)64(54(48)37-41)42-22-7-4-8-23-42/h3-37H,1-2H3. The van der Waals surface area contributed by atoms with Crippen LogP contribution in [0, 0.1) is 0 Å². The normalized spacial score (nSPS) is 12.9. The van der Waals surface area contributed by atoms with Crippen molar-refractivity contribution in [2.45, 2.75) is 19.3 Å². The lowest BCUT2D eigenvalue weighted by Gasteiger charge is -2.23. The van der Waals surface area contributed by atoms with Gasteiger partial charge in [0.05, 0.1) is 22.1 Å². The van der Waals surface area contributed by atoms with E-state index in [1.165, 1.54) is 49.5 Å². The van der Waals surface area contributed by atoms with Crippen LogP contribution in [0.3, 0.4) is 0 Å². The number of nitrogens with zero attached hydrogens (tertiary/aromatic N) is 5. The molecule has 0 radical (unpaired) electrons. The van der Waals surface area contributed by atoms with Crippen molar-refractivity contribution in [3.63, 3.8) is 0 Å². The summed E-state index contributed by atoms with van der Waals surface area (Å²) in [4.78, 5) is 16.4. The molecule has 65 heavy (non-hydrogen) atoms.